The first-order chi connectivity index (χ1) is 7.20. The molecule has 1 aromatic carbocycles. The zero-order chi connectivity index (χ0) is 10.8. The van der Waals surface area contributed by atoms with E-state index in [1.54, 1.807) is 0 Å². The first-order valence-electron chi connectivity index (χ1n) is 5.28. The fraction of sp³-hybridized carbons (Fsp3) is 0.500. The summed E-state index contributed by atoms with van der Waals surface area (Å²) in [4.78, 5) is 0. The van der Waals surface area contributed by atoms with Crippen molar-refractivity contribution in [2.45, 2.75) is 19.4 Å². The zero-order valence-corrected chi connectivity index (χ0v) is 10.5. The summed E-state index contributed by atoms with van der Waals surface area (Å²) in [5.74, 6) is 0.470. The summed E-state index contributed by atoms with van der Waals surface area (Å²) < 4.78 is 6.51. The van der Waals surface area contributed by atoms with Crippen molar-refractivity contribution < 1.29 is 4.74 Å². The van der Waals surface area contributed by atoms with Crippen molar-refractivity contribution in [1.82, 2.24) is 0 Å². The molecule has 82 valence electrons. The first kappa shape index (κ1) is 11.1. The molecule has 0 aliphatic carbocycles. The molecule has 1 heterocycles. The molecule has 0 amide bonds. The SMILES string of the molecule is Cc1c(Br)cccc1C(N)C1CCOC1. The molecule has 1 aromatic rings. The third kappa shape index (κ3) is 2.25. The second kappa shape index (κ2) is 4.64. The van der Waals surface area contributed by atoms with Crippen molar-refractivity contribution >= 4 is 15.9 Å². The second-order valence-corrected chi connectivity index (χ2v) is 4.96. The number of benzene rings is 1. The minimum Gasteiger partial charge on any atom is -0.381 e. The maximum absolute atomic E-state index is 6.27. The maximum atomic E-state index is 6.27. The van der Waals surface area contributed by atoms with E-state index in [0.717, 1.165) is 24.1 Å². The van der Waals surface area contributed by atoms with Crippen LogP contribution in [0.3, 0.4) is 0 Å². The number of rotatable bonds is 2. The summed E-state index contributed by atoms with van der Waals surface area (Å²) in [5.41, 5.74) is 8.75. The summed E-state index contributed by atoms with van der Waals surface area (Å²) in [6.45, 7) is 3.76. The maximum Gasteiger partial charge on any atom is 0.0513 e. The predicted molar refractivity (Wildman–Crippen MR) is 64.7 cm³/mol. The van der Waals surface area contributed by atoms with E-state index in [-0.39, 0.29) is 6.04 Å². The van der Waals surface area contributed by atoms with Crippen LogP contribution in [0.15, 0.2) is 22.7 Å². The molecular weight excluding hydrogens is 254 g/mol. The topological polar surface area (TPSA) is 35.2 Å². The highest BCUT2D eigenvalue weighted by atomic mass is 79.9. The van der Waals surface area contributed by atoms with Crippen LogP contribution in [0.1, 0.15) is 23.6 Å². The highest BCUT2D eigenvalue weighted by molar-refractivity contribution is 9.10. The largest absolute Gasteiger partial charge is 0.381 e. The average Bonchev–Trinajstić information content (AvgIpc) is 2.74. The van der Waals surface area contributed by atoms with Crippen LogP contribution in [-0.2, 0) is 4.74 Å². The molecule has 1 fully saturated rings. The molecular formula is C12H16BrNO. The molecule has 0 bridgehead atoms. The lowest BCUT2D eigenvalue weighted by molar-refractivity contribution is 0.181. The van der Waals surface area contributed by atoms with E-state index < -0.39 is 0 Å². The molecule has 0 radical (unpaired) electrons. The molecule has 3 heteroatoms. The second-order valence-electron chi connectivity index (χ2n) is 4.10. The molecule has 1 aliphatic heterocycles. The van der Waals surface area contributed by atoms with Gasteiger partial charge in [-0.3, -0.25) is 0 Å². The Bertz CT molecular complexity index is 347. The molecule has 1 aliphatic rings. The van der Waals surface area contributed by atoms with Crippen LogP contribution in [0.25, 0.3) is 0 Å². The van der Waals surface area contributed by atoms with Crippen molar-refractivity contribution in [3.63, 3.8) is 0 Å². The molecule has 2 nitrogen and oxygen atoms in total. The number of ether oxygens (including phenoxy) is 1. The van der Waals surface area contributed by atoms with Gasteiger partial charge < -0.3 is 10.5 Å². The summed E-state index contributed by atoms with van der Waals surface area (Å²) in [7, 11) is 0. The van der Waals surface area contributed by atoms with E-state index in [1.165, 1.54) is 11.1 Å². The van der Waals surface area contributed by atoms with Gasteiger partial charge in [-0.25, -0.2) is 0 Å². The number of nitrogens with two attached hydrogens (primary N) is 1. The van der Waals surface area contributed by atoms with Crippen molar-refractivity contribution in [3.8, 4) is 0 Å². The van der Waals surface area contributed by atoms with Gasteiger partial charge in [-0.15, -0.1) is 0 Å². The van der Waals surface area contributed by atoms with E-state index in [0.29, 0.717) is 5.92 Å². The third-order valence-electron chi connectivity index (χ3n) is 3.14. The molecule has 15 heavy (non-hydrogen) atoms. The molecule has 2 rings (SSSR count). The van der Waals surface area contributed by atoms with Gasteiger partial charge in [-0.2, -0.15) is 0 Å². The van der Waals surface area contributed by atoms with Gasteiger partial charge in [0, 0.05) is 23.0 Å². The van der Waals surface area contributed by atoms with Crippen LogP contribution in [-0.4, -0.2) is 13.2 Å². The van der Waals surface area contributed by atoms with Crippen LogP contribution in [0.4, 0.5) is 0 Å². The fourth-order valence-electron chi connectivity index (χ4n) is 2.08. The number of hydrogen-bond acceptors (Lipinski definition) is 2. The van der Waals surface area contributed by atoms with Crippen molar-refractivity contribution in [2.24, 2.45) is 11.7 Å². The Morgan fingerprint density at radius 1 is 1.53 bits per heavy atom. The zero-order valence-electron chi connectivity index (χ0n) is 8.87. The Kier molecular flexibility index (Phi) is 3.44. The predicted octanol–water partition coefficient (Wildman–Crippen LogP) is 2.79. The van der Waals surface area contributed by atoms with Gasteiger partial charge in [0.15, 0.2) is 0 Å². The summed E-state index contributed by atoms with van der Waals surface area (Å²) in [6, 6.07) is 6.31. The van der Waals surface area contributed by atoms with Gasteiger partial charge in [0.2, 0.25) is 0 Å². The van der Waals surface area contributed by atoms with Crippen LogP contribution < -0.4 is 5.73 Å². The van der Waals surface area contributed by atoms with Crippen molar-refractivity contribution in [2.75, 3.05) is 13.2 Å². The van der Waals surface area contributed by atoms with E-state index in [4.69, 9.17) is 10.5 Å². The lowest BCUT2D eigenvalue weighted by Gasteiger charge is -2.20. The molecule has 1 saturated heterocycles. The van der Waals surface area contributed by atoms with E-state index in [9.17, 15) is 0 Å². The summed E-state index contributed by atoms with van der Waals surface area (Å²) >= 11 is 3.54. The molecule has 2 unspecified atom stereocenters. The van der Waals surface area contributed by atoms with Crippen molar-refractivity contribution in [3.05, 3.63) is 33.8 Å². The monoisotopic (exact) mass is 269 g/mol. The standard InChI is InChI=1S/C12H16BrNO/c1-8-10(3-2-4-11(8)13)12(14)9-5-6-15-7-9/h2-4,9,12H,5-7,14H2,1H3. The fourth-order valence-corrected chi connectivity index (χ4v) is 2.46. The number of hydrogen-bond donors (Lipinski definition) is 1. The van der Waals surface area contributed by atoms with Gasteiger partial charge in [-0.1, -0.05) is 28.1 Å². The van der Waals surface area contributed by atoms with Crippen LogP contribution >= 0.6 is 15.9 Å². The normalized spacial score (nSPS) is 23.0. The van der Waals surface area contributed by atoms with Gasteiger partial charge >= 0.3 is 0 Å². The van der Waals surface area contributed by atoms with Crippen LogP contribution in [0.2, 0.25) is 0 Å². The van der Waals surface area contributed by atoms with Gasteiger partial charge in [0.25, 0.3) is 0 Å². The van der Waals surface area contributed by atoms with Gasteiger partial charge in [-0.05, 0) is 30.5 Å². The average molecular weight is 270 g/mol. The molecule has 2 atom stereocenters. The Balaban J connectivity index is 2.24. The van der Waals surface area contributed by atoms with E-state index in [2.05, 4.69) is 35.0 Å². The molecule has 0 saturated carbocycles. The molecule has 2 N–H and O–H groups in total. The highest BCUT2D eigenvalue weighted by Crippen LogP contribution is 2.31. The minimum atomic E-state index is 0.102. The minimum absolute atomic E-state index is 0.102. The third-order valence-corrected chi connectivity index (χ3v) is 4.00. The Hall–Kier alpha value is -0.380. The summed E-state index contributed by atoms with van der Waals surface area (Å²) in [6.07, 6.45) is 1.08. The highest BCUT2D eigenvalue weighted by Gasteiger charge is 2.25. The Morgan fingerprint density at radius 2 is 2.33 bits per heavy atom. The summed E-state index contributed by atoms with van der Waals surface area (Å²) in [5, 5.41) is 0. The molecule has 0 aromatic heterocycles. The quantitative estimate of drug-likeness (QED) is 0.896. The molecule has 0 spiro atoms. The Morgan fingerprint density at radius 3 is 3.00 bits per heavy atom. The van der Waals surface area contributed by atoms with E-state index >= 15 is 0 Å². The van der Waals surface area contributed by atoms with E-state index in [1.807, 2.05) is 6.07 Å². The smallest absolute Gasteiger partial charge is 0.0513 e. The van der Waals surface area contributed by atoms with Crippen LogP contribution in [0.5, 0.6) is 0 Å². The van der Waals surface area contributed by atoms with Gasteiger partial charge in [0.1, 0.15) is 0 Å². The van der Waals surface area contributed by atoms with Crippen LogP contribution in [0, 0.1) is 12.8 Å². The van der Waals surface area contributed by atoms with Crippen molar-refractivity contribution in [1.29, 1.82) is 0 Å². The first-order valence-corrected chi connectivity index (χ1v) is 6.08. The number of halogens is 1. The lowest BCUT2D eigenvalue weighted by Crippen LogP contribution is -2.22. The van der Waals surface area contributed by atoms with Gasteiger partial charge in [0.05, 0.1) is 6.61 Å². The Labute approximate surface area is 98.9 Å². The lowest BCUT2D eigenvalue weighted by atomic mass is 9.90.